The molecule has 0 saturated carbocycles. The maximum Gasteiger partial charge on any atom is 0.439 e. The number of H-pyrrole nitrogens is 1. The molecule has 2 aromatic carbocycles. The van der Waals surface area contributed by atoms with Crippen LogP contribution in [0.15, 0.2) is 54.7 Å². The van der Waals surface area contributed by atoms with Crippen molar-refractivity contribution in [3.8, 4) is 5.75 Å². The van der Waals surface area contributed by atoms with Crippen molar-refractivity contribution in [1.82, 2.24) is 15.4 Å². The Kier molecular flexibility index (Phi) is 5.73. The minimum atomic E-state index is -0.645. The molecule has 7 nitrogen and oxygen atoms in total. The van der Waals surface area contributed by atoms with Crippen LogP contribution in [0.1, 0.15) is 15.9 Å². The SMILES string of the molecule is CON(C)C(=O)Oc1ccc(C(=O)NCCc2c[nH]c3ccccc23)cc1. The van der Waals surface area contributed by atoms with Gasteiger partial charge in [-0.3, -0.25) is 9.63 Å². The number of fused-ring (bicyclic) bond motifs is 1. The highest BCUT2D eigenvalue weighted by molar-refractivity contribution is 5.94. The van der Waals surface area contributed by atoms with Crippen molar-refractivity contribution in [1.29, 1.82) is 0 Å². The van der Waals surface area contributed by atoms with Gasteiger partial charge in [-0.15, -0.1) is 0 Å². The second kappa shape index (κ2) is 8.37. The number of hydrogen-bond donors (Lipinski definition) is 2. The highest BCUT2D eigenvalue weighted by Crippen LogP contribution is 2.18. The number of nitrogens with zero attached hydrogens (tertiary/aromatic N) is 1. The number of aromatic nitrogens is 1. The number of benzene rings is 2. The van der Waals surface area contributed by atoms with E-state index in [1.807, 2.05) is 24.4 Å². The van der Waals surface area contributed by atoms with Crippen LogP contribution >= 0.6 is 0 Å². The third-order valence-corrected chi connectivity index (χ3v) is 4.21. The van der Waals surface area contributed by atoms with Crippen molar-refractivity contribution in [2.75, 3.05) is 20.7 Å². The summed E-state index contributed by atoms with van der Waals surface area (Å²) in [6, 6.07) is 14.4. The van der Waals surface area contributed by atoms with Crippen LogP contribution in [0.5, 0.6) is 5.75 Å². The van der Waals surface area contributed by atoms with E-state index in [1.54, 1.807) is 24.3 Å². The molecule has 140 valence electrons. The zero-order valence-electron chi connectivity index (χ0n) is 15.2. The van der Waals surface area contributed by atoms with Crippen LogP contribution in [0.25, 0.3) is 10.9 Å². The molecule has 0 aliphatic rings. The lowest BCUT2D eigenvalue weighted by atomic mass is 10.1. The highest BCUT2D eigenvalue weighted by Gasteiger charge is 2.11. The van der Waals surface area contributed by atoms with Crippen LogP contribution in [-0.2, 0) is 11.3 Å². The van der Waals surface area contributed by atoms with Gasteiger partial charge in [0, 0.05) is 36.3 Å². The van der Waals surface area contributed by atoms with E-state index in [1.165, 1.54) is 19.5 Å². The molecule has 7 heteroatoms. The predicted molar refractivity (Wildman–Crippen MR) is 102 cm³/mol. The summed E-state index contributed by atoms with van der Waals surface area (Å²) in [6.07, 6.45) is 2.06. The molecule has 0 aliphatic heterocycles. The molecule has 2 N–H and O–H groups in total. The number of ether oxygens (including phenoxy) is 1. The number of amides is 2. The lowest BCUT2D eigenvalue weighted by Gasteiger charge is -2.13. The molecule has 3 rings (SSSR count). The summed E-state index contributed by atoms with van der Waals surface area (Å²) in [7, 11) is 2.81. The Morgan fingerprint density at radius 2 is 1.85 bits per heavy atom. The third kappa shape index (κ3) is 4.45. The molecule has 1 aromatic heterocycles. The van der Waals surface area contributed by atoms with Crippen LogP contribution in [0.2, 0.25) is 0 Å². The summed E-state index contributed by atoms with van der Waals surface area (Å²) in [4.78, 5) is 31.8. The number of rotatable bonds is 6. The van der Waals surface area contributed by atoms with Gasteiger partial charge in [-0.2, -0.15) is 5.06 Å². The van der Waals surface area contributed by atoms with Crippen molar-refractivity contribution in [2.24, 2.45) is 0 Å². The molecule has 0 spiro atoms. The van der Waals surface area contributed by atoms with E-state index >= 15 is 0 Å². The lowest BCUT2D eigenvalue weighted by Crippen LogP contribution is -2.28. The average molecular weight is 367 g/mol. The van der Waals surface area contributed by atoms with Crippen LogP contribution in [0.4, 0.5) is 4.79 Å². The first-order chi connectivity index (χ1) is 13.1. The van der Waals surface area contributed by atoms with Gasteiger partial charge in [0.1, 0.15) is 5.75 Å². The van der Waals surface area contributed by atoms with Crippen LogP contribution in [0, 0.1) is 0 Å². The molecule has 1 heterocycles. The van der Waals surface area contributed by atoms with Gasteiger partial charge in [-0.05, 0) is 42.3 Å². The van der Waals surface area contributed by atoms with Gasteiger partial charge in [-0.25, -0.2) is 4.79 Å². The van der Waals surface area contributed by atoms with Gasteiger partial charge in [0.15, 0.2) is 0 Å². The quantitative estimate of drug-likeness (QED) is 0.656. The number of para-hydroxylation sites is 1. The first-order valence-electron chi connectivity index (χ1n) is 8.51. The Labute approximate surface area is 156 Å². The summed E-state index contributed by atoms with van der Waals surface area (Å²) >= 11 is 0. The molecule has 2 amide bonds. The van der Waals surface area contributed by atoms with Crippen LogP contribution in [-0.4, -0.2) is 42.7 Å². The van der Waals surface area contributed by atoms with Crippen molar-refractivity contribution in [3.63, 3.8) is 0 Å². The normalized spacial score (nSPS) is 10.6. The molecular weight excluding hydrogens is 346 g/mol. The molecule has 0 saturated heterocycles. The van der Waals surface area contributed by atoms with Gasteiger partial charge >= 0.3 is 6.09 Å². The molecule has 0 unspecified atom stereocenters. The second-order valence-electron chi connectivity index (χ2n) is 5.94. The summed E-state index contributed by atoms with van der Waals surface area (Å²) in [5.41, 5.74) is 2.74. The van der Waals surface area contributed by atoms with Crippen molar-refractivity contribution < 1.29 is 19.2 Å². The van der Waals surface area contributed by atoms with E-state index in [9.17, 15) is 9.59 Å². The second-order valence-corrected chi connectivity index (χ2v) is 5.94. The van der Waals surface area contributed by atoms with E-state index in [4.69, 9.17) is 9.57 Å². The molecule has 27 heavy (non-hydrogen) atoms. The third-order valence-electron chi connectivity index (χ3n) is 4.21. The van der Waals surface area contributed by atoms with Crippen molar-refractivity contribution in [2.45, 2.75) is 6.42 Å². The Morgan fingerprint density at radius 1 is 1.11 bits per heavy atom. The standard InChI is InChI=1S/C20H21N3O4/c1-23(26-2)20(25)27-16-9-7-14(8-10-16)19(24)21-12-11-15-13-22-18-6-4-3-5-17(15)18/h3-10,13,22H,11-12H2,1-2H3,(H,21,24). The summed E-state index contributed by atoms with van der Waals surface area (Å²) < 4.78 is 5.10. The molecular formula is C20H21N3O4. The van der Waals surface area contributed by atoms with Gasteiger partial charge in [-0.1, -0.05) is 18.2 Å². The van der Waals surface area contributed by atoms with Gasteiger partial charge < -0.3 is 15.0 Å². The number of hydroxylamine groups is 2. The van der Waals surface area contributed by atoms with E-state index in [2.05, 4.69) is 16.4 Å². The molecule has 0 radical (unpaired) electrons. The Hall–Kier alpha value is -3.32. The summed E-state index contributed by atoms with van der Waals surface area (Å²) in [6.45, 7) is 0.524. The zero-order chi connectivity index (χ0) is 19.2. The largest absolute Gasteiger partial charge is 0.439 e. The number of carbonyl (C=O) groups is 2. The van der Waals surface area contributed by atoms with Gasteiger partial charge in [0.05, 0.1) is 7.11 Å². The Bertz CT molecular complexity index is 934. The number of aromatic amines is 1. The van der Waals surface area contributed by atoms with E-state index < -0.39 is 6.09 Å². The zero-order valence-corrected chi connectivity index (χ0v) is 15.2. The monoisotopic (exact) mass is 367 g/mol. The molecule has 0 aliphatic carbocycles. The van der Waals surface area contributed by atoms with E-state index in [0.29, 0.717) is 17.9 Å². The number of hydrogen-bond acceptors (Lipinski definition) is 4. The van der Waals surface area contributed by atoms with Gasteiger partial charge in [0.2, 0.25) is 0 Å². The van der Waals surface area contributed by atoms with Gasteiger partial charge in [0.25, 0.3) is 5.91 Å². The summed E-state index contributed by atoms with van der Waals surface area (Å²) in [5.74, 6) is 0.154. The summed E-state index contributed by atoms with van der Waals surface area (Å²) in [5, 5.41) is 5.03. The van der Waals surface area contributed by atoms with E-state index in [-0.39, 0.29) is 5.91 Å². The molecule has 3 aromatic rings. The van der Waals surface area contributed by atoms with Crippen LogP contribution in [0.3, 0.4) is 0 Å². The predicted octanol–water partition coefficient (Wildman–Crippen LogP) is 3.13. The topological polar surface area (TPSA) is 83.7 Å². The first-order valence-corrected chi connectivity index (χ1v) is 8.51. The molecule has 0 bridgehead atoms. The molecule has 0 fully saturated rings. The Balaban J connectivity index is 1.53. The first kappa shape index (κ1) is 18.5. The minimum absolute atomic E-state index is 0.179. The fraction of sp³-hybridized carbons (Fsp3) is 0.200. The smallest absolute Gasteiger partial charge is 0.409 e. The fourth-order valence-corrected chi connectivity index (χ4v) is 2.67. The van der Waals surface area contributed by atoms with Crippen LogP contribution < -0.4 is 10.1 Å². The molecule has 0 atom stereocenters. The van der Waals surface area contributed by atoms with Crippen molar-refractivity contribution >= 4 is 22.9 Å². The highest BCUT2D eigenvalue weighted by atomic mass is 16.7. The Morgan fingerprint density at radius 3 is 2.59 bits per heavy atom. The maximum atomic E-state index is 12.3. The average Bonchev–Trinajstić information content (AvgIpc) is 3.11. The lowest BCUT2D eigenvalue weighted by molar-refractivity contribution is -0.0790. The number of nitrogens with one attached hydrogen (secondary N) is 2. The number of carbonyl (C=O) groups excluding carboxylic acids is 2. The van der Waals surface area contributed by atoms with Crippen molar-refractivity contribution in [3.05, 3.63) is 65.9 Å². The van der Waals surface area contributed by atoms with E-state index in [0.717, 1.165) is 22.6 Å². The fourth-order valence-electron chi connectivity index (χ4n) is 2.67. The maximum absolute atomic E-state index is 12.3. The minimum Gasteiger partial charge on any atom is -0.409 e.